The highest BCUT2D eigenvalue weighted by Gasteiger charge is 2.33. The highest BCUT2D eigenvalue weighted by atomic mass is 35.5. The number of fused-ring (bicyclic) bond motifs is 3. The molecule has 0 saturated heterocycles. The predicted octanol–water partition coefficient (Wildman–Crippen LogP) is 4.30. The number of esters is 1. The molecule has 0 aliphatic carbocycles. The Labute approximate surface area is 241 Å². The number of tetrazole rings is 1. The summed E-state index contributed by atoms with van der Waals surface area (Å²) in [6.07, 6.45) is 1.52. The van der Waals surface area contributed by atoms with Crippen LogP contribution in [0.1, 0.15) is 48.2 Å². The Morgan fingerprint density at radius 3 is 2.71 bits per heavy atom. The number of aromatic nitrogens is 5. The number of halogens is 1. The molecule has 2 aromatic heterocycles. The van der Waals surface area contributed by atoms with Gasteiger partial charge < -0.3 is 28.4 Å². The molecule has 0 spiro atoms. The van der Waals surface area contributed by atoms with Gasteiger partial charge in [0.1, 0.15) is 19.3 Å². The number of carbonyl (C=O) groups is 1. The lowest BCUT2D eigenvalue weighted by Gasteiger charge is -2.25. The maximum absolute atomic E-state index is 12.3. The van der Waals surface area contributed by atoms with Crippen LogP contribution in [0, 0.1) is 0 Å². The van der Waals surface area contributed by atoms with Gasteiger partial charge in [0.2, 0.25) is 11.5 Å². The first-order valence-electron chi connectivity index (χ1n) is 12.9. The molecular weight excluding hydrogens is 552 g/mol. The van der Waals surface area contributed by atoms with Crippen LogP contribution in [0.2, 0.25) is 5.02 Å². The fraction of sp³-hybridized carbons (Fsp3) is 0.321. The summed E-state index contributed by atoms with van der Waals surface area (Å²) in [6.45, 7) is 2.18. The molecule has 0 amide bonds. The quantitative estimate of drug-likeness (QED) is 0.153. The van der Waals surface area contributed by atoms with Crippen LogP contribution in [0.15, 0.2) is 59.9 Å². The molecule has 41 heavy (non-hydrogen) atoms. The molecule has 2 atom stereocenters. The van der Waals surface area contributed by atoms with Crippen LogP contribution in [0.5, 0.6) is 11.5 Å². The topological polar surface area (TPSA) is 124 Å². The van der Waals surface area contributed by atoms with Crippen LogP contribution >= 0.6 is 11.6 Å². The van der Waals surface area contributed by atoms with Crippen molar-refractivity contribution in [3.05, 3.63) is 82.4 Å². The molecule has 0 N–H and O–H groups in total. The molecule has 1 aliphatic heterocycles. The highest BCUT2D eigenvalue weighted by Crippen LogP contribution is 2.46. The molecule has 0 radical (unpaired) electrons. The molecule has 5 rings (SSSR count). The van der Waals surface area contributed by atoms with Crippen LogP contribution in [0.25, 0.3) is 5.69 Å². The molecule has 3 heterocycles. The number of methoxy groups -OCH3 is 2. The van der Waals surface area contributed by atoms with Gasteiger partial charge >= 0.3 is 5.97 Å². The molecule has 13 heteroatoms. The lowest BCUT2D eigenvalue weighted by molar-refractivity contribution is -0.135. The Bertz CT molecular complexity index is 1570. The van der Waals surface area contributed by atoms with Gasteiger partial charge in [0.05, 0.1) is 38.8 Å². The Balaban J connectivity index is 1.50. The number of hydrogen-bond acceptors (Lipinski definition) is 10. The van der Waals surface area contributed by atoms with Gasteiger partial charge in [0.25, 0.3) is 0 Å². The van der Waals surface area contributed by atoms with Gasteiger partial charge in [-0.2, -0.15) is 4.80 Å². The number of nitrogens with zero attached hydrogens (tertiary/aromatic N) is 6. The molecule has 0 fully saturated rings. The third kappa shape index (κ3) is 5.61. The lowest BCUT2D eigenvalue weighted by atomic mass is 9.98. The third-order valence-corrected chi connectivity index (χ3v) is 6.80. The molecule has 214 valence electrons. The van der Waals surface area contributed by atoms with Gasteiger partial charge in [-0.25, -0.2) is 4.79 Å². The van der Waals surface area contributed by atoms with E-state index in [0.29, 0.717) is 29.5 Å². The van der Waals surface area contributed by atoms with Crippen molar-refractivity contribution in [2.45, 2.75) is 32.1 Å². The highest BCUT2D eigenvalue weighted by molar-refractivity contribution is 6.42. The standard InChI is InChI=1S/C28H29ClN6O6/c1-5-40-28(36)24(32-39-4)27-30-33-35(31-27)15-13-22-21-9-7-14-34(21)20-12-11-17(29)16-19(20)25(41-22)18-8-6-10-23(37-2)26(18)38-3/h6-12,14,16,22,25H,5,13,15H2,1-4H3/t22-,25-/m1/s1. The molecular formula is C28H29ClN6O6. The Morgan fingerprint density at radius 2 is 1.95 bits per heavy atom. The number of oxime groups is 1. The number of aryl methyl sites for hydroxylation is 1. The molecule has 2 aromatic carbocycles. The van der Waals surface area contributed by atoms with E-state index in [2.05, 4.69) is 25.1 Å². The number of ether oxygens (including phenoxy) is 4. The summed E-state index contributed by atoms with van der Waals surface area (Å²) in [5.41, 5.74) is 3.37. The van der Waals surface area contributed by atoms with Crippen LogP contribution in [-0.2, 0) is 25.7 Å². The second-order valence-corrected chi connectivity index (χ2v) is 9.37. The second kappa shape index (κ2) is 12.4. The summed E-state index contributed by atoms with van der Waals surface area (Å²) >= 11 is 6.49. The predicted molar refractivity (Wildman–Crippen MR) is 149 cm³/mol. The van der Waals surface area contributed by atoms with Crippen molar-refractivity contribution in [1.82, 2.24) is 24.8 Å². The van der Waals surface area contributed by atoms with Crippen molar-refractivity contribution in [3.63, 3.8) is 0 Å². The average Bonchev–Trinajstić information content (AvgIpc) is 3.64. The first-order valence-corrected chi connectivity index (χ1v) is 13.3. The zero-order valence-corrected chi connectivity index (χ0v) is 23.7. The minimum Gasteiger partial charge on any atom is -0.493 e. The maximum Gasteiger partial charge on any atom is 0.364 e. The maximum atomic E-state index is 12.3. The minimum absolute atomic E-state index is 0.00324. The Morgan fingerprint density at radius 1 is 1.10 bits per heavy atom. The first-order chi connectivity index (χ1) is 20.0. The minimum atomic E-state index is -0.703. The van der Waals surface area contributed by atoms with Crippen molar-refractivity contribution in [2.24, 2.45) is 5.16 Å². The second-order valence-electron chi connectivity index (χ2n) is 8.93. The van der Waals surface area contributed by atoms with E-state index in [9.17, 15) is 4.79 Å². The van der Waals surface area contributed by atoms with E-state index >= 15 is 0 Å². The first kappa shape index (κ1) is 28.1. The van der Waals surface area contributed by atoms with Crippen LogP contribution in [0.4, 0.5) is 0 Å². The molecule has 1 aliphatic rings. The van der Waals surface area contributed by atoms with Crippen molar-refractivity contribution < 1.29 is 28.6 Å². The molecule has 0 unspecified atom stereocenters. The lowest BCUT2D eigenvalue weighted by Crippen LogP contribution is -2.21. The summed E-state index contributed by atoms with van der Waals surface area (Å²) in [5, 5.41) is 16.7. The molecule has 4 aromatic rings. The van der Waals surface area contributed by atoms with E-state index in [-0.39, 0.29) is 18.1 Å². The summed E-state index contributed by atoms with van der Waals surface area (Å²) in [5.74, 6) is 0.455. The molecule has 12 nitrogen and oxygen atoms in total. The zero-order chi connectivity index (χ0) is 28.9. The van der Waals surface area contributed by atoms with Crippen LogP contribution < -0.4 is 9.47 Å². The summed E-state index contributed by atoms with van der Waals surface area (Å²) in [4.78, 5) is 18.5. The van der Waals surface area contributed by atoms with Gasteiger partial charge in [-0.1, -0.05) is 28.9 Å². The SMILES string of the molecule is CCOC(=O)C(=NOC)c1nnn(CC[C@H]2O[C@H](c3cccc(OC)c3OC)c3cc(Cl)ccc3-n3cccc32)n1. The van der Waals surface area contributed by atoms with Gasteiger partial charge in [0.15, 0.2) is 11.5 Å². The number of para-hydroxylation sites is 1. The van der Waals surface area contributed by atoms with E-state index in [1.54, 1.807) is 21.1 Å². The van der Waals surface area contributed by atoms with Gasteiger partial charge in [0, 0.05) is 28.8 Å². The van der Waals surface area contributed by atoms with Gasteiger partial charge in [-0.05, 0) is 48.5 Å². The van der Waals surface area contributed by atoms with Gasteiger partial charge in [-0.15, -0.1) is 10.2 Å². The average molecular weight is 581 g/mol. The van der Waals surface area contributed by atoms with Gasteiger partial charge in [-0.3, -0.25) is 0 Å². The Kier molecular flexibility index (Phi) is 8.50. The number of hydrogen-bond donors (Lipinski definition) is 0. The van der Waals surface area contributed by atoms with Crippen molar-refractivity contribution in [1.29, 1.82) is 0 Å². The van der Waals surface area contributed by atoms with Crippen LogP contribution in [0.3, 0.4) is 0 Å². The normalized spacial score (nSPS) is 16.4. The largest absolute Gasteiger partial charge is 0.493 e. The van der Waals surface area contributed by atoms with E-state index in [1.165, 1.54) is 11.9 Å². The van der Waals surface area contributed by atoms with E-state index in [0.717, 1.165) is 22.5 Å². The number of rotatable bonds is 10. The van der Waals surface area contributed by atoms with E-state index < -0.39 is 18.2 Å². The summed E-state index contributed by atoms with van der Waals surface area (Å²) < 4.78 is 25.3. The monoisotopic (exact) mass is 580 g/mol. The molecule has 0 bridgehead atoms. The Hall–Kier alpha value is -4.42. The fourth-order valence-electron chi connectivity index (χ4n) is 4.84. The summed E-state index contributed by atoms with van der Waals surface area (Å²) in [7, 11) is 4.52. The fourth-order valence-corrected chi connectivity index (χ4v) is 5.02. The van der Waals surface area contributed by atoms with Crippen molar-refractivity contribution in [3.8, 4) is 17.2 Å². The van der Waals surface area contributed by atoms with Crippen molar-refractivity contribution in [2.75, 3.05) is 27.9 Å². The van der Waals surface area contributed by atoms with Crippen LogP contribution in [-0.4, -0.2) is 64.4 Å². The number of benzene rings is 2. The number of carbonyl (C=O) groups excluding carboxylic acids is 1. The van der Waals surface area contributed by atoms with E-state index in [4.69, 9.17) is 35.4 Å². The molecule has 0 saturated carbocycles. The third-order valence-electron chi connectivity index (χ3n) is 6.57. The smallest absolute Gasteiger partial charge is 0.364 e. The van der Waals surface area contributed by atoms with Crippen molar-refractivity contribution >= 4 is 23.3 Å². The summed E-state index contributed by atoms with van der Waals surface area (Å²) in [6, 6.07) is 15.4. The zero-order valence-electron chi connectivity index (χ0n) is 23.0. The van der Waals surface area contributed by atoms with E-state index in [1.807, 2.05) is 54.7 Å².